The molecule has 0 aliphatic carbocycles. The molecule has 276 valence electrons. The van der Waals surface area contributed by atoms with E-state index in [1.165, 1.54) is 30.3 Å². The number of rotatable bonds is 8. The van der Waals surface area contributed by atoms with Crippen molar-refractivity contribution in [3.05, 3.63) is 149 Å². The Kier molecular flexibility index (Phi) is 14.2. The minimum atomic E-state index is -3.21. The molecule has 0 amide bonds. The summed E-state index contributed by atoms with van der Waals surface area (Å²) >= 11 is 12.1. The van der Waals surface area contributed by atoms with Gasteiger partial charge in [0.2, 0.25) is 9.05 Å². The van der Waals surface area contributed by atoms with Gasteiger partial charge in [0.1, 0.15) is 40.5 Å². The Morgan fingerprint density at radius 2 is 0.925 bits per heavy atom. The van der Waals surface area contributed by atoms with Crippen molar-refractivity contribution < 1.29 is 35.1 Å². The van der Waals surface area contributed by atoms with Crippen LogP contribution in [0.3, 0.4) is 0 Å². The number of pyridine rings is 2. The number of halogens is 5. The highest BCUT2D eigenvalue weighted by Gasteiger charge is 2.10. The second-order valence-electron chi connectivity index (χ2n) is 11.2. The van der Waals surface area contributed by atoms with Gasteiger partial charge in [-0.05, 0) is 121 Å². The van der Waals surface area contributed by atoms with Crippen LogP contribution in [-0.4, -0.2) is 39.3 Å². The van der Waals surface area contributed by atoms with Gasteiger partial charge in [-0.25, -0.2) is 30.6 Å². The van der Waals surface area contributed by atoms with E-state index in [4.69, 9.17) is 38.4 Å². The Labute approximate surface area is 320 Å². The molecule has 0 bridgehead atoms. The number of nitrogens with zero attached hydrogens (tertiary/aromatic N) is 2. The summed E-state index contributed by atoms with van der Waals surface area (Å²) in [6, 6.07) is 32.5. The number of benzene rings is 4. The van der Waals surface area contributed by atoms with Crippen LogP contribution >= 0.6 is 33.9 Å². The topological polar surface area (TPSA) is 139 Å². The first-order chi connectivity index (χ1) is 24.9. The second kappa shape index (κ2) is 18.3. The number of anilines is 1. The molecular weight excluding hydrogens is 791 g/mol. The highest BCUT2D eigenvalue weighted by molar-refractivity contribution is 8.13. The molecule has 0 aliphatic rings. The molecule has 0 radical (unpaired) electrons. The Hall–Kier alpha value is -4.79. The van der Waals surface area contributed by atoms with E-state index in [-0.39, 0.29) is 17.4 Å². The fourth-order valence-corrected chi connectivity index (χ4v) is 5.50. The number of ether oxygens (including phenoxy) is 2. The lowest BCUT2D eigenvalue weighted by Crippen LogP contribution is -2.03. The Morgan fingerprint density at radius 1 is 0.585 bits per heavy atom. The van der Waals surface area contributed by atoms with Gasteiger partial charge in [0.05, 0.1) is 29.1 Å². The van der Waals surface area contributed by atoms with Crippen molar-refractivity contribution in [1.82, 2.24) is 9.97 Å². The molecule has 0 unspecified atom stereocenters. The zero-order valence-electron chi connectivity index (χ0n) is 27.9. The molecule has 0 aliphatic heterocycles. The molecule has 4 aromatic carbocycles. The van der Waals surface area contributed by atoms with Gasteiger partial charge >= 0.3 is 0 Å². The van der Waals surface area contributed by atoms with Gasteiger partial charge in [-0.3, -0.25) is 4.98 Å². The fourth-order valence-electron chi connectivity index (χ4n) is 4.37. The minimum Gasteiger partial charge on any atom is -0.457 e. The summed E-state index contributed by atoms with van der Waals surface area (Å²) in [7, 11) is -1.90. The molecule has 0 saturated heterocycles. The third-order valence-corrected chi connectivity index (χ3v) is 7.72. The van der Waals surface area contributed by atoms with Gasteiger partial charge in [0, 0.05) is 38.1 Å². The Bertz CT molecular complexity index is 2340. The van der Waals surface area contributed by atoms with E-state index in [2.05, 4.69) is 20.7 Å². The van der Waals surface area contributed by atoms with Gasteiger partial charge in [-0.1, -0.05) is 23.2 Å². The average Bonchev–Trinajstić information content (AvgIpc) is 3.06. The summed E-state index contributed by atoms with van der Waals surface area (Å²) in [5.74, 6) is 1.89. The number of sulfone groups is 1. The molecule has 16 heteroatoms. The fraction of sp³-hybridized carbons (Fsp3) is 0.0811. The summed E-state index contributed by atoms with van der Waals surface area (Å²) < 4.78 is 78.8. The predicted molar refractivity (Wildman–Crippen MR) is 206 cm³/mol. The molecule has 9 nitrogen and oxygen atoms in total. The molecule has 0 spiro atoms. The Balaban J connectivity index is 0.000000212. The van der Waals surface area contributed by atoms with Gasteiger partial charge in [0.25, 0.3) is 0 Å². The first-order valence-corrected chi connectivity index (χ1v) is 20.7. The lowest BCUT2D eigenvalue weighted by atomic mass is 10.1. The van der Waals surface area contributed by atoms with E-state index >= 15 is 0 Å². The maximum Gasteiger partial charge on any atom is 0.229 e. The maximum atomic E-state index is 12.9. The van der Waals surface area contributed by atoms with Crippen LogP contribution in [0.25, 0.3) is 22.5 Å². The van der Waals surface area contributed by atoms with Crippen molar-refractivity contribution in [2.24, 2.45) is 0 Å². The molecule has 53 heavy (non-hydrogen) atoms. The standard InChI is InChI=1S/C19H15ClFNO3S.C17H12ClFN2O.CH3ClO2S/c1-26(23,24)12-16-10-14(20)11-19(22-16)13-2-6-17(7-3-13)25-18-8-4-15(21)5-9-18;18-12-9-16(21-17(20)10-12)11-1-5-14(6-2-11)22-15-7-3-13(19)4-8-15;1-5(2,3)4/h2-11H,12H2,1H3;1-10H,(H2,20,21);1H3. The molecule has 6 aromatic rings. The summed E-state index contributed by atoms with van der Waals surface area (Å²) in [5, 5.41) is 0.953. The Morgan fingerprint density at radius 3 is 1.28 bits per heavy atom. The second-order valence-corrected chi connectivity index (χ2v) is 17.2. The van der Waals surface area contributed by atoms with E-state index in [9.17, 15) is 25.6 Å². The maximum absolute atomic E-state index is 12.9. The number of hydrogen-bond donors (Lipinski definition) is 1. The van der Waals surface area contributed by atoms with Crippen molar-refractivity contribution in [3.8, 4) is 45.5 Å². The van der Waals surface area contributed by atoms with E-state index in [0.717, 1.165) is 23.6 Å². The molecule has 2 N–H and O–H groups in total. The third kappa shape index (κ3) is 15.0. The summed E-state index contributed by atoms with van der Waals surface area (Å²) in [6.45, 7) is 0. The predicted octanol–water partition coefficient (Wildman–Crippen LogP) is 9.98. The van der Waals surface area contributed by atoms with Crippen LogP contribution < -0.4 is 15.2 Å². The van der Waals surface area contributed by atoms with Crippen molar-refractivity contribution in [2.75, 3.05) is 18.2 Å². The first-order valence-electron chi connectivity index (χ1n) is 15.1. The quantitative estimate of drug-likeness (QED) is 0.149. The largest absolute Gasteiger partial charge is 0.457 e. The molecule has 6 rings (SSSR count). The van der Waals surface area contributed by atoms with E-state index in [1.54, 1.807) is 78.9 Å². The minimum absolute atomic E-state index is 0.174. The van der Waals surface area contributed by atoms with Crippen LogP contribution in [0, 0.1) is 11.6 Å². The van der Waals surface area contributed by atoms with E-state index in [1.807, 2.05) is 12.1 Å². The summed E-state index contributed by atoms with van der Waals surface area (Å²) in [6.07, 6.45) is 2.07. The third-order valence-electron chi connectivity index (χ3n) is 6.46. The average molecular weight is 821 g/mol. The van der Waals surface area contributed by atoms with Crippen LogP contribution in [0.15, 0.2) is 121 Å². The van der Waals surface area contributed by atoms with Crippen LogP contribution in [0.1, 0.15) is 5.69 Å². The van der Waals surface area contributed by atoms with E-state index < -0.39 is 18.9 Å². The monoisotopic (exact) mass is 819 g/mol. The molecule has 0 saturated carbocycles. The lowest BCUT2D eigenvalue weighted by molar-refractivity contribution is 0.480. The van der Waals surface area contributed by atoms with Crippen molar-refractivity contribution in [2.45, 2.75) is 5.75 Å². The van der Waals surface area contributed by atoms with Gasteiger partial charge in [-0.15, -0.1) is 0 Å². The smallest absolute Gasteiger partial charge is 0.229 e. The van der Waals surface area contributed by atoms with Crippen LogP contribution in [-0.2, 0) is 24.6 Å². The molecular formula is C37H30Cl3F2N3O6S2. The van der Waals surface area contributed by atoms with E-state index in [0.29, 0.717) is 55.9 Å². The van der Waals surface area contributed by atoms with Crippen molar-refractivity contribution in [1.29, 1.82) is 0 Å². The molecule has 0 fully saturated rings. The van der Waals surface area contributed by atoms with Crippen LogP contribution in [0.2, 0.25) is 10.0 Å². The number of nitrogens with two attached hydrogens (primary N) is 1. The van der Waals surface area contributed by atoms with Crippen LogP contribution in [0.4, 0.5) is 14.6 Å². The summed E-state index contributed by atoms with van der Waals surface area (Å²) in [5.41, 5.74) is 8.99. The van der Waals surface area contributed by atoms with Gasteiger partial charge in [-0.2, -0.15) is 0 Å². The normalized spacial score (nSPS) is 11.0. The molecule has 0 atom stereocenters. The highest BCUT2D eigenvalue weighted by Crippen LogP contribution is 2.29. The summed E-state index contributed by atoms with van der Waals surface area (Å²) in [4.78, 5) is 8.60. The van der Waals surface area contributed by atoms with Crippen molar-refractivity contribution >= 4 is 58.6 Å². The molecule has 2 aromatic heterocycles. The van der Waals surface area contributed by atoms with Crippen LogP contribution in [0.5, 0.6) is 23.0 Å². The van der Waals surface area contributed by atoms with Gasteiger partial charge < -0.3 is 15.2 Å². The van der Waals surface area contributed by atoms with Crippen molar-refractivity contribution in [3.63, 3.8) is 0 Å². The SMILES string of the molecule is CS(=O)(=O)Cc1cc(Cl)cc(-c2ccc(Oc3ccc(F)cc3)cc2)n1.CS(=O)(=O)Cl.Nc1cc(Cl)cc(-c2ccc(Oc3ccc(F)cc3)cc2)n1. The molecule has 2 heterocycles. The first kappa shape index (κ1) is 41.0. The number of aromatic nitrogens is 2. The highest BCUT2D eigenvalue weighted by atomic mass is 35.7. The van der Waals surface area contributed by atoms with Gasteiger partial charge in [0.15, 0.2) is 9.84 Å². The zero-order chi connectivity index (χ0) is 38.8. The lowest BCUT2D eigenvalue weighted by Gasteiger charge is -2.08. The number of hydrogen-bond acceptors (Lipinski definition) is 9. The zero-order valence-corrected chi connectivity index (χ0v) is 31.8. The number of nitrogen functional groups attached to an aromatic ring is 1.